The third-order valence-corrected chi connectivity index (χ3v) is 15.5. The van der Waals surface area contributed by atoms with Crippen molar-refractivity contribution in [3.8, 4) is 46.0 Å². The highest BCUT2D eigenvalue weighted by atomic mass is 16.5. The molecule has 452 valence electrons. The van der Waals surface area contributed by atoms with Gasteiger partial charge < -0.3 is 38.6 Å². The van der Waals surface area contributed by atoms with E-state index in [9.17, 15) is 10.2 Å². The lowest BCUT2D eigenvalue weighted by molar-refractivity contribution is 0.281. The summed E-state index contributed by atoms with van der Waals surface area (Å²) in [5, 5.41) is 23.8. The fourth-order valence-corrected chi connectivity index (χ4v) is 10.3. The van der Waals surface area contributed by atoms with Gasteiger partial charge in [-0.15, -0.1) is 0 Å². The number of phenols is 2. The number of hydrogen-bond donors (Lipinski definition) is 2. The Balaban J connectivity index is 0.927. The molecule has 0 amide bonds. The van der Waals surface area contributed by atoms with E-state index in [1.54, 1.807) is 12.4 Å². The van der Waals surface area contributed by atoms with Crippen LogP contribution in [0.1, 0.15) is 145 Å². The molecular formula is C78H82N2O8. The monoisotopic (exact) mass is 1170 g/mol. The number of rotatable bonds is 26. The van der Waals surface area contributed by atoms with E-state index in [0.717, 1.165) is 92.4 Å². The van der Waals surface area contributed by atoms with Crippen LogP contribution >= 0.6 is 0 Å². The minimum Gasteiger partial charge on any atom is -0.507 e. The summed E-state index contributed by atoms with van der Waals surface area (Å²) in [4.78, 5) is 10.3. The normalized spacial score (nSPS) is 14.3. The maximum absolute atomic E-state index is 11.9. The van der Waals surface area contributed by atoms with E-state index < -0.39 is 10.8 Å². The summed E-state index contributed by atoms with van der Waals surface area (Å²) in [7, 11) is 0. The number of phenolic OH excluding ortho intramolecular Hbond substituents is 2. The van der Waals surface area contributed by atoms with Crippen LogP contribution in [0, 0.1) is 0 Å². The van der Waals surface area contributed by atoms with Crippen LogP contribution < -0.4 is 28.4 Å². The molecule has 0 heterocycles. The van der Waals surface area contributed by atoms with Crippen molar-refractivity contribution in [2.24, 2.45) is 9.98 Å². The highest BCUT2D eigenvalue weighted by Gasteiger charge is 2.27. The van der Waals surface area contributed by atoms with Crippen molar-refractivity contribution in [3.63, 3.8) is 0 Å². The summed E-state index contributed by atoms with van der Waals surface area (Å²) in [6, 6.07) is 51.2. The van der Waals surface area contributed by atoms with E-state index in [-0.39, 0.29) is 36.8 Å². The SMILES string of the molecule is C=Cc1ccc(COc2cc(COc3cc(C=N[C@@H]4CCCC[C@H]4N=Cc4cc(OCc5cc(OCc6ccc(C=C)cc6)cc(OCc6ccc(C=C)cc6)c5)cc(C(C)(C)C)c4O)c(O)c(C(C)(C)C)c3)cc(OCc3ccc(C=C)cc3)c2)cc1. The standard InChI is InChI=1S/C78H82N2O8/c1-11-53-19-27-57(28-20-53)47-83-65-35-61(36-66(41-65)84-48-58-29-21-54(12-2)22-30-58)51-87-69-39-63(75(81)71(43-69)77(5,6)7)45-79-73-17-15-16-18-74(73)80-46-64-40-70(44-72(76(64)82)78(8,9)10)88-52-62-37-67(85-49-59-31-23-55(13-3)24-32-59)42-68(38-62)86-50-60-33-25-56(14-4)26-34-60/h11-14,19-46,73-74,81-82H,1-4,15-18,47-52H2,5-10H3/t73-,74-/m1/s1. The van der Waals surface area contributed by atoms with Crippen LogP contribution in [0.2, 0.25) is 0 Å². The highest BCUT2D eigenvalue weighted by molar-refractivity contribution is 5.86. The molecule has 9 rings (SSSR count). The molecule has 1 fully saturated rings. The Morgan fingerprint density at radius 1 is 0.364 bits per heavy atom. The third kappa shape index (κ3) is 17.6. The van der Waals surface area contributed by atoms with Crippen LogP contribution in [0.3, 0.4) is 0 Å². The van der Waals surface area contributed by atoms with Crippen molar-refractivity contribution in [2.75, 3.05) is 0 Å². The van der Waals surface area contributed by atoms with E-state index in [1.165, 1.54) is 0 Å². The number of benzene rings is 8. The van der Waals surface area contributed by atoms with Gasteiger partial charge in [0.05, 0.1) is 12.1 Å². The van der Waals surface area contributed by atoms with Crippen LogP contribution in [0.15, 0.2) is 194 Å². The Labute approximate surface area is 520 Å². The smallest absolute Gasteiger partial charge is 0.128 e. The predicted octanol–water partition coefficient (Wildman–Crippen LogP) is 18.6. The van der Waals surface area contributed by atoms with Crippen LogP contribution in [0.5, 0.6) is 46.0 Å². The first kappa shape index (κ1) is 63.0. The number of ether oxygens (including phenoxy) is 6. The molecule has 10 heteroatoms. The van der Waals surface area contributed by atoms with Gasteiger partial charge in [0.1, 0.15) is 85.6 Å². The zero-order valence-electron chi connectivity index (χ0n) is 51.8. The number of hydrogen-bond acceptors (Lipinski definition) is 10. The molecule has 0 unspecified atom stereocenters. The third-order valence-electron chi connectivity index (χ3n) is 15.5. The van der Waals surface area contributed by atoms with Gasteiger partial charge in [-0.3, -0.25) is 9.98 Å². The molecule has 1 aliphatic rings. The molecule has 10 nitrogen and oxygen atoms in total. The fraction of sp³-hybridized carbons (Fsp3) is 0.256. The summed E-state index contributed by atoms with van der Waals surface area (Å²) in [5.41, 5.74) is 11.6. The minimum absolute atomic E-state index is 0.150. The van der Waals surface area contributed by atoms with Crippen LogP contribution in [0.4, 0.5) is 0 Å². The van der Waals surface area contributed by atoms with Gasteiger partial charge in [-0.1, -0.05) is 202 Å². The first-order valence-corrected chi connectivity index (χ1v) is 30.1. The Morgan fingerprint density at radius 3 is 0.864 bits per heavy atom. The molecule has 88 heavy (non-hydrogen) atoms. The molecule has 0 radical (unpaired) electrons. The predicted molar refractivity (Wildman–Crippen MR) is 360 cm³/mol. The highest BCUT2D eigenvalue weighted by Crippen LogP contribution is 2.39. The molecule has 2 atom stereocenters. The maximum atomic E-state index is 11.9. The minimum atomic E-state index is -0.424. The topological polar surface area (TPSA) is 121 Å². The van der Waals surface area contributed by atoms with Crippen LogP contribution in [-0.2, 0) is 50.5 Å². The van der Waals surface area contributed by atoms with E-state index in [1.807, 2.05) is 182 Å². The molecule has 1 aliphatic carbocycles. The molecule has 1 saturated carbocycles. The molecule has 0 aliphatic heterocycles. The quantitative estimate of drug-likeness (QED) is 0.0515. The van der Waals surface area contributed by atoms with Crippen LogP contribution in [-0.4, -0.2) is 34.7 Å². The lowest BCUT2D eigenvalue weighted by Crippen LogP contribution is -2.27. The largest absolute Gasteiger partial charge is 0.507 e. The average Bonchev–Trinajstić information content (AvgIpc) is 3.32. The molecule has 8 aromatic rings. The summed E-state index contributed by atoms with van der Waals surface area (Å²) in [5.74, 6) is 4.04. The second-order valence-electron chi connectivity index (χ2n) is 24.4. The van der Waals surface area contributed by atoms with Crippen molar-refractivity contribution < 1.29 is 38.6 Å². The van der Waals surface area contributed by atoms with Crippen molar-refractivity contribution in [1.82, 2.24) is 0 Å². The van der Waals surface area contributed by atoms with Gasteiger partial charge in [0.15, 0.2) is 0 Å². The summed E-state index contributed by atoms with van der Waals surface area (Å²) < 4.78 is 38.7. The van der Waals surface area contributed by atoms with E-state index >= 15 is 0 Å². The summed E-state index contributed by atoms with van der Waals surface area (Å²) in [6.45, 7) is 29.8. The molecule has 0 saturated heterocycles. The van der Waals surface area contributed by atoms with E-state index in [0.29, 0.717) is 72.1 Å². The Morgan fingerprint density at radius 2 is 0.614 bits per heavy atom. The lowest BCUT2D eigenvalue weighted by atomic mass is 9.85. The van der Waals surface area contributed by atoms with Gasteiger partial charge in [-0.2, -0.15) is 0 Å². The zero-order chi connectivity index (χ0) is 62.2. The van der Waals surface area contributed by atoms with Crippen molar-refractivity contribution in [3.05, 3.63) is 262 Å². The molecule has 0 spiro atoms. The van der Waals surface area contributed by atoms with Crippen molar-refractivity contribution in [1.29, 1.82) is 0 Å². The van der Waals surface area contributed by atoms with E-state index in [4.69, 9.17) is 38.4 Å². The zero-order valence-corrected chi connectivity index (χ0v) is 51.8. The molecule has 8 aromatic carbocycles. The van der Waals surface area contributed by atoms with Gasteiger partial charge in [0.2, 0.25) is 0 Å². The first-order valence-electron chi connectivity index (χ1n) is 30.1. The van der Waals surface area contributed by atoms with Gasteiger partial charge in [-0.05, 0) is 128 Å². The number of aromatic hydroxyl groups is 2. The molecule has 0 bridgehead atoms. The van der Waals surface area contributed by atoms with Crippen molar-refractivity contribution in [2.45, 2.75) is 130 Å². The average molecular weight is 1180 g/mol. The Hall–Kier alpha value is -9.54. The summed E-state index contributed by atoms with van der Waals surface area (Å²) >= 11 is 0. The molecule has 2 N–H and O–H groups in total. The van der Waals surface area contributed by atoms with Gasteiger partial charge >= 0.3 is 0 Å². The van der Waals surface area contributed by atoms with Crippen molar-refractivity contribution >= 4 is 36.7 Å². The Kier molecular flexibility index (Phi) is 20.9. The van der Waals surface area contributed by atoms with E-state index in [2.05, 4.69) is 67.9 Å². The van der Waals surface area contributed by atoms with Gasteiger partial charge in [0.25, 0.3) is 0 Å². The number of nitrogens with zero attached hydrogens (tertiary/aromatic N) is 2. The second-order valence-corrected chi connectivity index (χ2v) is 24.4. The summed E-state index contributed by atoms with van der Waals surface area (Å²) in [6.07, 6.45) is 14.4. The van der Waals surface area contributed by atoms with Crippen LogP contribution in [0.25, 0.3) is 24.3 Å². The maximum Gasteiger partial charge on any atom is 0.128 e. The molecular weight excluding hydrogens is 1090 g/mol. The first-order chi connectivity index (χ1) is 42.4. The number of aliphatic imine (C=N–C) groups is 2. The second kappa shape index (κ2) is 29.2. The lowest BCUT2D eigenvalue weighted by Gasteiger charge is -2.26. The molecule has 0 aromatic heterocycles. The van der Waals surface area contributed by atoms with Gasteiger partial charge in [0, 0.05) is 46.8 Å². The van der Waals surface area contributed by atoms with Gasteiger partial charge in [-0.25, -0.2) is 0 Å². The Bertz CT molecular complexity index is 3360. The fourth-order valence-electron chi connectivity index (χ4n) is 10.3.